The smallest absolute Gasteiger partial charge is 0.410 e. The van der Waals surface area contributed by atoms with Gasteiger partial charge in [0.2, 0.25) is 0 Å². The van der Waals surface area contributed by atoms with Gasteiger partial charge in [0.1, 0.15) is 5.60 Å². The first-order valence-corrected chi connectivity index (χ1v) is 9.82. The van der Waals surface area contributed by atoms with Gasteiger partial charge in [0.15, 0.2) is 5.96 Å². The highest BCUT2D eigenvalue weighted by molar-refractivity contribution is 5.82. The summed E-state index contributed by atoms with van der Waals surface area (Å²) < 4.78 is 5.51. The van der Waals surface area contributed by atoms with E-state index in [4.69, 9.17) is 4.74 Å². The number of aliphatic imine (C=N–C) groups is 1. The Balaban J connectivity index is 1.51. The monoisotopic (exact) mass is 372 g/mol. The Labute approximate surface area is 162 Å². The predicted octanol–water partition coefficient (Wildman–Crippen LogP) is 2.98. The van der Waals surface area contributed by atoms with Crippen LogP contribution in [0.4, 0.5) is 4.79 Å². The lowest BCUT2D eigenvalue weighted by molar-refractivity contribution is 0.0137. The minimum Gasteiger partial charge on any atom is -0.444 e. The fourth-order valence-electron chi connectivity index (χ4n) is 3.56. The third kappa shape index (κ3) is 4.93. The molecule has 1 aromatic rings. The van der Waals surface area contributed by atoms with Crippen molar-refractivity contribution < 1.29 is 9.53 Å². The van der Waals surface area contributed by atoms with Gasteiger partial charge in [-0.1, -0.05) is 36.8 Å². The van der Waals surface area contributed by atoms with E-state index in [1.165, 1.54) is 11.1 Å². The zero-order chi connectivity index (χ0) is 19.6. The van der Waals surface area contributed by atoms with E-state index < -0.39 is 5.60 Å². The Morgan fingerprint density at radius 2 is 2.15 bits per heavy atom. The van der Waals surface area contributed by atoms with E-state index >= 15 is 0 Å². The number of aryl methyl sites for hydroxylation is 1. The third-order valence-electron chi connectivity index (χ3n) is 5.04. The first kappa shape index (κ1) is 19.5. The molecule has 148 valence electrons. The van der Waals surface area contributed by atoms with Crippen molar-refractivity contribution in [3.63, 3.8) is 0 Å². The number of nitrogens with one attached hydrogen (secondary N) is 1. The molecule has 3 rings (SSSR count). The predicted molar refractivity (Wildman–Crippen MR) is 108 cm³/mol. The Hall–Kier alpha value is -2.24. The van der Waals surface area contributed by atoms with Crippen LogP contribution in [0.15, 0.2) is 29.3 Å². The van der Waals surface area contributed by atoms with Crippen LogP contribution in [0, 0.1) is 6.92 Å². The molecule has 2 aliphatic rings. The Kier molecular flexibility index (Phi) is 5.63. The highest BCUT2D eigenvalue weighted by Gasteiger charge is 2.36. The van der Waals surface area contributed by atoms with Gasteiger partial charge in [-0.25, -0.2) is 4.79 Å². The zero-order valence-corrected chi connectivity index (χ0v) is 17.2. The van der Waals surface area contributed by atoms with E-state index in [0.29, 0.717) is 19.0 Å². The van der Waals surface area contributed by atoms with Gasteiger partial charge in [-0.15, -0.1) is 0 Å². The second kappa shape index (κ2) is 7.79. The van der Waals surface area contributed by atoms with Crippen molar-refractivity contribution >= 4 is 12.1 Å². The number of hydrogen-bond donors (Lipinski definition) is 1. The SMILES string of the molecule is Cc1cccc(C(C)CNC2=NCC3CN(C(=O)OC(C)(C)C)CCN23)c1. The van der Waals surface area contributed by atoms with Crippen LogP contribution < -0.4 is 5.32 Å². The van der Waals surface area contributed by atoms with E-state index in [9.17, 15) is 4.79 Å². The molecule has 1 saturated heterocycles. The van der Waals surface area contributed by atoms with E-state index in [-0.39, 0.29) is 12.1 Å². The van der Waals surface area contributed by atoms with Crippen LogP contribution in [0.2, 0.25) is 0 Å². The maximum absolute atomic E-state index is 12.3. The lowest BCUT2D eigenvalue weighted by Gasteiger charge is -2.39. The summed E-state index contributed by atoms with van der Waals surface area (Å²) in [5.41, 5.74) is 2.17. The number of amides is 1. The molecule has 1 aromatic carbocycles. The number of hydrogen-bond acceptors (Lipinski definition) is 5. The van der Waals surface area contributed by atoms with Gasteiger partial charge in [-0.2, -0.15) is 0 Å². The van der Waals surface area contributed by atoms with Crippen molar-refractivity contribution in [3.8, 4) is 0 Å². The molecule has 0 aromatic heterocycles. The second-order valence-electron chi connectivity index (χ2n) is 8.63. The summed E-state index contributed by atoms with van der Waals surface area (Å²) >= 11 is 0. The quantitative estimate of drug-likeness (QED) is 0.886. The summed E-state index contributed by atoms with van der Waals surface area (Å²) in [4.78, 5) is 21.1. The molecule has 27 heavy (non-hydrogen) atoms. The summed E-state index contributed by atoms with van der Waals surface area (Å²) in [7, 11) is 0. The third-order valence-corrected chi connectivity index (χ3v) is 5.04. The molecule has 2 unspecified atom stereocenters. The van der Waals surface area contributed by atoms with Crippen molar-refractivity contribution in [2.24, 2.45) is 4.99 Å². The first-order chi connectivity index (χ1) is 12.7. The fourth-order valence-corrected chi connectivity index (χ4v) is 3.56. The summed E-state index contributed by atoms with van der Waals surface area (Å²) in [6, 6.07) is 8.89. The Bertz CT molecular complexity index is 710. The highest BCUT2D eigenvalue weighted by Crippen LogP contribution is 2.20. The molecule has 2 atom stereocenters. The van der Waals surface area contributed by atoms with Crippen molar-refractivity contribution in [2.45, 2.75) is 52.2 Å². The number of benzene rings is 1. The van der Waals surface area contributed by atoms with Gasteiger partial charge in [0.25, 0.3) is 0 Å². The van der Waals surface area contributed by atoms with Gasteiger partial charge in [-0.05, 0) is 39.2 Å². The summed E-state index contributed by atoms with van der Waals surface area (Å²) in [6.07, 6.45) is -0.225. The van der Waals surface area contributed by atoms with Crippen LogP contribution in [-0.4, -0.2) is 66.2 Å². The first-order valence-electron chi connectivity index (χ1n) is 9.82. The molecule has 6 nitrogen and oxygen atoms in total. The maximum Gasteiger partial charge on any atom is 0.410 e. The number of carbonyl (C=O) groups excluding carboxylic acids is 1. The molecular formula is C21H32N4O2. The molecule has 2 heterocycles. The van der Waals surface area contributed by atoms with Gasteiger partial charge in [0.05, 0.1) is 12.6 Å². The maximum atomic E-state index is 12.3. The molecule has 0 bridgehead atoms. The number of piperazine rings is 1. The minimum atomic E-state index is -0.459. The molecular weight excluding hydrogens is 340 g/mol. The molecule has 0 spiro atoms. The number of nitrogens with zero attached hydrogens (tertiary/aromatic N) is 3. The van der Waals surface area contributed by atoms with Crippen LogP contribution in [0.5, 0.6) is 0 Å². The summed E-state index contributed by atoms with van der Waals surface area (Å²) in [5, 5.41) is 3.52. The van der Waals surface area contributed by atoms with E-state index in [1.807, 2.05) is 20.8 Å². The number of ether oxygens (including phenoxy) is 1. The molecule has 2 aliphatic heterocycles. The van der Waals surface area contributed by atoms with Crippen LogP contribution in [-0.2, 0) is 4.74 Å². The van der Waals surface area contributed by atoms with Gasteiger partial charge >= 0.3 is 6.09 Å². The van der Waals surface area contributed by atoms with Crippen LogP contribution in [0.3, 0.4) is 0 Å². The van der Waals surface area contributed by atoms with Crippen molar-refractivity contribution in [1.29, 1.82) is 0 Å². The normalized spacial score (nSPS) is 20.8. The minimum absolute atomic E-state index is 0.225. The van der Waals surface area contributed by atoms with Gasteiger partial charge in [0, 0.05) is 26.2 Å². The van der Waals surface area contributed by atoms with Gasteiger partial charge < -0.3 is 19.9 Å². The van der Waals surface area contributed by atoms with Crippen molar-refractivity contribution in [2.75, 3.05) is 32.7 Å². The average molecular weight is 373 g/mol. The van der Waals surface area contributed by atoms with Gasteiger partial charge in [-0.3, -0.25) is 4.99 Å². The standard InChI is InChI=1S/C21H32N4O2/c1-15-7-6-8-17(11-15)16(2)12-22-19-23-13-18-14-24(9-10-25(18)19)20(26)27-21(3,4)5/h6-8,11,16,18H,9-10,12-14H2,1-5H3,(H,22,23). The Morgan fingerprint density at radius 1 is 1.37 bits per heavy atom. The number of carbonyl (C=O) groups is 1. The van der Waals surface area contributed by atoms with E-state index in [0.717, 1.165) is 25.6 Å². The Morgan fingerprint density at radius 3 is 2.85 bits per heavy atom. The molecule has 0 radical (unpaired) electrons. The fraction of sp³-hybridized carbons (Fsp3) is 0.619. The number of fused-ring (bicyclic) bond motifs is 1. The second-order valence-corrected chi connectivity index (χ2v) is 8.63. The molecule has 0 aliphatic carbocycles. The molecule has 6 heteroatoms. The largest absolute Gasteiger partial charge is 0.444 e. The lowest BCUT2D eigenvalue weighted by Crippen LogP contribution is -2.57. The molecule has 1 N–H and O–H groups in total. The topological polar surface area (TPSA) is 57.2 Å². The highest BCUT2D eigenvalue weighted by atomic mass is 16.6. The number of guanidine groups is 1. The lowest BCUT2D eigenvalue weighted by atomic mass is 9.99. The molecule has 1 amide bonds. The van der Waals surface area contributed by atoms with Crippen LogP contribution in [0.25, 0.3) is 0 Å². The zero-order valence-electron chi connectivity index (χ0n) is 17.2. The summed E-state index contributed by atoms with van der Waals surface area (Å²) in [5.74, 6) is 1.37. The average Bonchev–Trinajstić information content (AvgIpc) is 3.00. The van der Waals surface area contributed by atoms with Crippen molar-refractivity contribution in [1.82, 2.24) is 15.1 Å². The number of rotatable bonds is 3. The summed E-state index contributed by atoms with van der Waals surface area (Å²) in [6.45, 7) is 13.7. The van der Waals surface area contributed by atoms with Crippen LogP contribution in [0.1, 0.15) is 44.7 Å². The van der Waals surface area contributed by atoms with E-state index in [2.05, 4.69) is 53.3 Å². The van der Waals surface area contributed by atoms with Crippen LogP contribution >= 0.6 is 0 Å². The van der Waals surface area contributed by atoms with E-state index in [1.54, 1.807) is 4.90 Å². The molecule has 0 saturated carbocycles. The van der Waals surface area contributed by atoms with Crippen molar-refractivity contribution in [3.05, 3.63) is 35.4 Å². The molecule has 1 fully saturated rings.